The van der Waals surface area contributed by atoms with Crippen LogP contribution in [0.15, 0.2) is 36.7 Å². The Morgan fingerprint density at radius 1 is 0.774 bits per heavy atom. The molecule has 2 unspecified atom stereocenters. The van der Waals surface area contributed by atoms with Crippen LogP contribution in [0.3, 0.4) is 0 Å². The molecular weight excluding hydrogens is 394 g/mol. The van der Waals surface area contributed by atoms with Crippen LogP contribution < -0.4 is 4.74 Å². The van der Waals surface area contributed by atoms with Crippen molar-refractivity contribution < 1.29 is 13.5 Å². The standard InChI is InChI=1S/C26H38F2N2O/c1-3-5-6-7-8-9-11-21-12-14-22(15-13-21)26-29-18-25(19-30-26)31-20-24(28)17-16-23(27)10-4-2/h12-15,18-19,23-24H,3-11,16-17,20H2,1-2H3. The van der Waals surface area contributed by atoms with Crippen LogP contribution in [-0.2, 0) is 6.42 Å². The second-order valence-electron chi connectivity index (χ2n) is 8.33. The molecule has 0 aliphatic rings. The van der Waals surface area contributed by atoms with Crippen LogP contribution in [0.25, 0.3) is 11.4 Å². The van der Waals surface area contributed by atoms with Crippen molar-refractivity contribution in [2.45, 2.75) is 96.8 Å². The fourth-order valence-corrected chi connectivity index (χ4v) is 3.56. The predicted octanol–water partition coefficient (Wildman–Crippen LogP) is 7.68. The molecule has 0 saturated heterocycles. The molecule has 0 fully saturated rings. The first-order chi connectivity index (χ1) is 15.1. The minimum atomic E-state index is -1.19. The summed E-state index contributed by atoms with van der Waals surface area (Å²) in [6, 6.07) is 8.37. The highest BCUT2D eigenvalue weighted by Crippen LogP contribution is 2.19. The first kappa shape index (κ1) is 25.2. The smallest absolute Gasteiger partial charge is 0.159 e. The Kier molecular flexibility index (Phi) is 12.1. The first-order valence-electron chi connectivity index (χ1n) is 11.9. The minimum Gasteiger partial charge on any atom is -0.487 e. The number of unbranched alkanes of at least 4 members (excludes halogenated alkanes) is 5. The van der Waals surface area contributed by atoms with E-state index in [2.05, 4.69) is 29.0 Å². The molecule has 0 aliphatic heterocycles. The third kappa shape index (κ3) is 10.2. The van der Waals surface area contributed by atoms with E-state index < -0.39 is 12.3 Å². The highest BCUT2D eigenvalue weighted by Gasteiger charge is 2.13. The average Bonchev–Trinajstić information content (AvgIpc) is 2.79. The Bertz CT molecular complexity index is 706. The number of aryl methyl sites for hydroxylation is 1. The summed E-state index contributed by atoms with van der Waals surface area (Å²) >= 11 is 0. The van der Waals surface area contributed by atoms with Crippen LogP contribution in [0.5, 0.6) is 5.75 Å². The Hall–Kier alpha value is -2.04. The van der Waals surface area contributed by atoms with Gasteiger partial charge in [-0.1, -0.05) is 76.6 Å². The minimum absolute atomic E-state index is 0.102. The number of nitrogens with zero attached hydrogens (tertiary/aromatic N) is 2. The highest BCUT2D eigenvalue weighted by atomic mass is 19.1. The van der Waals surface area contributed by atoms with Crippen molar-refractivity contribution >= 4 is 0 Å². The third-order valence-electron chi connectivity index (χ3n) is 5.49. The summed E-state index contributed by atoms with van der Waals surface area (Å²) in [4.78, 5) is 8.68. The summed E-state index contributed by atoms with van der Waals surface area (Å²) in [6.45, 7) is 4.07. The fraction of sp³-hybridized carbons (Fsp3) is 0.615. The number of ether oxygens (including phenoxy) is 1. The van der Waals surface area contributed by atoms with Crippen LogP contribution in [0.4, 0.5) is 8.78 Å². The number of benzene rings is 1. The maximum atomic E-state index is 13.9. The molecule has 2 atom stereocenters. The van der Waals surface area contributed by atoms with Crippen LogP contribution in [-0.4, -0.2) is 28.9 Å². The summed E-state index contributed by atoms with van der Waals surface area (Å²) in [5.41, 5.74) is 2.29. The largest absolute Gasteiger partial charge is 0.487 e. The number of rotatable bonds is 16. The van der Waals surface area contributed by atoms with Gasteiger partial charge in [-0.05, 0) is 37.7 Å². The van der Waals surface area contributed by atoms with Crippen LogP contribution in [0.1, 0.15) is 83.6 Å². The molecule has 0 bridgehead atoms. The van der Waals surface area contributed by atoms with E-state index in [1.54, 1.807) is 12.4 Å². The van der Waals surface area contributed by atoms with E-state index in [0.717, 1.165) is 18.4 Å². The van der Waals surface area contributed by atoms with Crippen molar-refractivity contribution in [2.24, 2.45) is 0 Å². The van der Waals surface area contributed by atoms with Gasteiger partial charge in [0.2, 0.25) is 0 Å². The van der Waals surface area contributed by atoms with Gasteiger partial charge in [0.25, 0.3) is 0 Å². The lowest BCUT2D eigenvalue weighted by Gasteiger charge is -2.12. The molecule has 2 aromatic rings. The molecule has 1 heterocycles. The molecule has 31 heavy (non-hydrogen) atoms. The topological polar surface area (TPSA) is 35.0 Å². The van der Waals surface area contributed by atoms with E-state index >= 15 is 0 Å². The van der Waals surface area contributed by atoms with Crippen molar-refractivity contribution in [2.75, 3.05) is 6.61 Å². The van der Waals surface area contributed by atoms with Gasteiger partial charge < -0.3 is 4.74 Å². The van der Waals surface area contributed by atoms with Crippen LogP contribution in [0, 0.1) is 0 Å². The maximum Gasteiger partial charge on any atom is 0.159 e. The van der Waals surface area contributed by atoms with Gasteiger partial charge in [0.1, 0.15) is 19.0 Å². The molecule has 3 nitrogen and oxygen atoms in total. The molecule has 0 spiro atoms. The summed E-state index contributed by atoms with van der Waals surface area (Å²) < 4.78 is 32.8. The summed E-state index contributed by atoms with van der Waals surface area (Å²) in [5.74, 6) is 1.05. The van der Waals surface area contributed by atoms with Crippen molar-refractivity contribution in [1.82, 2.24) is 9.97 Å². The number of hydrogen-bond donors (Lipinski definition) is 0. The molecule has 2 rings (SSSR count). The molecule has 0 amide bonds. The van der Waals surface area contributed by atoms with Crippen molar-refractivity contribution in [3.05, 3.63) is 42.2 Å². The third-order valence-corrected chi connectivity index (χ3v) is 5.49. The van der Waals surface area contributed by atoms with E-state index in [0.29, 0.717) is 18.0 Å². The first-order valence-corrected chi connectivity index (χ1v) is 11.9. The van der Waals surface area contributed by atoms with E-state index in [1.807, 2.05) is 19.1 Å². The maximum absolute atomic E-state index is 13.9. The van der Waals surface area contributed by atoms with Crippen LogP contribution in [0.2, 0.25) is 0 Å². The predicted molar refractivity (Wildman–Crippen MR) is 124 cm³/mol. The van der Waals surface area contributed by atoms with Gasteiger partial charge in [0.05, 0.1) is 12.4 Å². The molecule has 1 aromatic carbocycles. The number of aromatic nitrogens is 2. The Labute approximate surface area is 186 Å². The average molecular weight is 433 g/mol. The molecule has 172 valence electrons. The zero-order valence-corrected chi connectivity index (χ0v) is 19.2. The quantitative estimate of drug-likeness (QED) is 0.255. The molecule has 1 aromatic heterocycles. The van der Waals surface area contributed by atoms with Gasteiger partial charge in [-0.15, -0.1) is 0 Å². The Morgan fingerprint density at radius 3 is 2.10 bits per heavy atom. The highest BCUT2D eigenvalue weighted by molar-refractivity contribution is 5.55. The van der Waals surface area contributed by atoms with Crippen molar-refractivity contribution in [3.63, 3.8) is 0 Å². The van der Waals surface area contributed by atoms with E-state index in [1.165, 1.54) is 44.1 Å². The lowest BCUT2D eigenvalue weighted by atomic mass is 10.0. The molecule has 0 saturated carbocycles. The molecule has 0 radical (unpaired) electrons. The number of hydrogen-bond acceptors (Lipinski definition) is 3. The van der Waals surface area contributed by atoms with Gasteiger partial charge in [0, 0.05) is 5.56 Å². The van der Waals surface area contributed by atoms with Gasteiger partial charge in [0.15, 0.2) is 11.6 Å². The number of halogens is 2. The fourth-order valence-electron chi connectivity index (χ4n) is 3.56. The second-order valence-corrected chi connectivity index (χ2v) is 8.33. The van der Waals surface area contributed by atoms with Crippen LogP contribution >= 0.6 is 0 Å². The van der Waals surface area contributed by atoms with E-state index in [-0.39, 0.29) is 19.4 Å². The Morgan fingerprint density at radius 2 is 1.42 bits per heavy atom. The zero-order chi connectivity index (χ0) is 22.3. The van der Waals surface area contributed by atoms with Gasteiger partial charge in [-0.2, -0.15) is 0 Å². The van der Waals surface area contributed by atoms with E-state index in [4.69, 9.17) is 4.74 Å². The molecule has 5 heteroatoms. The lowest BCUT2D eigenvalue weighted by molar-refractivity contribution is 0.168. The van der Waals surface area contributed by atoms with Gasteiger partial charge in [-0.25, -0.2) is 18.7 Å². The monoisotopic (exact) mass is 432 g/mol. The number of alkyl halides is 2. The molecule has 0 aliphatic carbocycles. The SMILES string of the molecule is CCCCCCCCc1ccc(-c2ncc(OCC(F)CCC(F)CCC)cn2)cc1. The van der Waals surface area contributed by atoms with Crippen molar-refractivity contribution in [1.29, 1.82) is 0 Å². The zero-order valence-electron chi connectivity index (χ0n) is 19.2. The van der Waals surface area contributed by atoms with Crippen molar-refractivity contribution in [3.8, 4) is 17.1 Å². The normalized spacial score (nSPS) is 13.2. The molecular formula is C26H38F2N2O. The summed E-state index contributed by atoms with van der Waals surface area (Å²) in [7, 11) is 0. The van der Waals surface area contributed by atoms with Gasteiger partial charge in [-0.3, -0.25) is 0 Å². The van der Waals surface area contributed by atoms with E-state index in [9.17, 15) is 8.78 Å². The summed E-state index contributed by atoms with van der Waals surface area (Å²) in [5, 5.41) is 0. The molecule has 0 N–H and O–H groups in total. The summed E-state index contributed by atoms with van der Waals surface area (Å²) in [6.07, 6.45) is 11.6. The lowest BCUT2D eigenvalue weighted by Crippen LogP contribution is -2.15. The second kappa shape index (κ2) is 14.9. The van der Waals surface area contributed by atoms with Gasteiger partial charge >= 0.3 is 0 Å². The Balaban J connectivity index is 1.73.